The molecule has 1 aliphatic heterocycles. The zero-order valence-electron chi connectivity index (χ0n) is 16.5. The topological polar surface area (TPSA) is 81.0 Å². The van der Waals surface area contributed by atoms with E-state index >= 15 is 0 Å². The number of rotatable bonds is 8. The summed E-state index contributed by atoms with van der Waals surface area (Å²) < 4.78 is 15.9. The molecular formula is C22H26N2O5. The average molecular weight is 398 g/mol. The molecular weight excluding hydrogens is 372 g/mol. The van der Waals surface area contributed by atoms with Gasteiger partial charge in [-0.05, 0) is 49.1 Å². The molecule has 154 valence electrons. The summed E-state index contributed by atoms with van der Waals surface area (Å²) in [5.74, 6) is 1.96. The Bertz CT molecular complexity index is 823. The van der Waals surface area contributed by atoms with E-state index in [2.05, 4.69) is 5.32 Å². The Hall–Kier alpha value is -3.22. The maximum absolute atomic E-state index is 12.2. The van der Waals surface area contributed by atoms with Gasteiger partial charge in [0.25, 0.3) is 5.91 Å². The molecule has 1 aromatic heterocycles. The van der Waals surface area contributed by atoms with Crippen LogP contribution in [-0.4, -0.2) is 50.1 Å². The van der Waals surface area contributed by atoms with Crippen molar-refractivity contribution in [3.05, 3.63) is 54.5 Å². The number of para-hydroxylation sites is 2. The Morgan fingerprint density at radius 3 is 2.62 bits per heavy atom. The summed E-state index contributed by atoms with van der Waals surface area (Å²) in [5.41, 5.74) is 0. The second kappa shape index (κ2) is 10.4. The van der Waals surface area contributed by atoms with Crippen LogP contribution in [0.3, 0.4) is 0 Å². The van der Waals surface area contributed by atoms with Crippen molar-refractivity contribution in [2.75, 3.05) is 33.4 Å². The van der Waals surface area contributed by atoms with Gasteiger partial charge in [0.2, 0.25) is 5.91 Å². The molecule has 0 bridgehead atoms. The van der Waals surface area contributed by atoms with Crippen LogP contribution in [0, 0.1) is 5.92 Å². The predicted molar refractivity (Wildman–Crippen MR) is 109 cm³/mol. The summed E-state index contributed by atoms with van der Waals surface area (Å²) in [4.78, 5) is 26.1. The number of piperidine rings is 1. The molecule has 1 aliphatic rings. The van der Waals surface area contributed by atoms with Crippen molar-refractivity contribution in [2.45, 2.75) is 12.8 Å². The smallest absolute Gasteiger partial charge is 0.257 e. The highest BCUT2D eigenvalue weighted by molar-refractivity contribution is 5.91. The molecule has 1 N–H and O–H groups in total. The number of ether oxygens (including phenoxy) is 2. The third kappa shape index (κ3) is 6.14. The molecule has 2 aromatic rings. The van der Waals surface area contributed by atoms with Crippen LogP contribution in [0.4, 0.5) is 0 Å². The molecule has 2 heterocycles. The molecule has 1 aromatic carbocycles. The first-order valence-electron chi connectivity index (χ1n) is 9.68. The van der Waals surface area contributed by atoms with Crippen LogP contribution in [0.2, 0.25) is 0 Å². The van der Waals surface area contributed by atoms with Crippen LogP contribution >= 0.6 is 0 Å². The van der Waals surface area contributed by atoms with E-state index in [1.165, 1.54) is 6.08 Å². The van der Waals surface area contributed by atoms with Gasteiger partial charge in [-0.3, -0.25) is 9.59 Å². The molecule has 2 amide bonds. The first-order chi connectivity index (χ1) is 14.2. The molecule has 29 heavy (non-hydrogen) atoms. The third-order valence-corrected chi connectivity index (χ3v) is 4.88. The highest BCUT2D eigenvalue weighted by Gasteiger charge is 2.22. The van der Waals surface area contributed by atoms with Gasteiger partial charge in [-0.15, -0.1) is 0 Å². The van der Waals surface area contributed by atoms with E-state index in [-0.39, 0.29) is 18.4 Å². The van der Waals surface area contributed by atoms with Gasteiger partial charge in [0, 0.05) is 25.7 Å². The summed E-state index contributed by atoms with van der Waals surface area (Å²) in [6.45, 7) is 1.88. The maximum atomic E-state index is 12.2. The summed E-state index contributed by atoms with van der Waals surface area (Å²) in [7, 11) is 1.56. The second-order valence-corrected chi connectivity index (χ2v) is 6.86. The number of hydrogen-bond donors (Lipinski definition) is 1. The van der Waals surface area contributed by atoms with E-state index in [9.17, 15) is 9.59 Å². The highest BCUT2D eigenvalue weighted by Crippen LogP contribution is 2.25. The molecule has 0 unspecified atom stereocenters. The number of hydrogen-bond acceptors (Lipinski definition) is 5. The largest absolute Gasteiger partial charge is 0.493 e. The van der Waals surface area contributed by atoms with Crippen LogP contribution in [0.25, 0.3) is 6.08 Å². The van der Waals surface area contributed by atoms with Crippen molar-refractivity contribution in [1.29, 1.82) is 0 Å². The van der Waals surface area contributed by atoms with Gasteiger partial charge < -0.3 is 24.1 Å². The zero-order valence-corrected chi connectivity index (χ0v) is 16.5. The number of likely N-dealkylation sites (tertiary alicyclic amines) is 1. The van der Waals surface area contributed by atoms with Gasteiger partial charge in [0.05, 0.1) is 13.4 Å². The SMILES string of the molecule is COc1ccccc1OCC(=O)NCC1CCN(C(=O)/C=C/c2ccco2)CC1. The molecule has 3 rings (SSSR count). The predicted octanol–water partition coefficient (Wildman–Crippen LogP) is 2.74. The molecule has 0 atom stereocenters. The summed E-state index contributed by atoms with van der Waals surface area (Å²) in [6, 6.07) is 10.8. The van der Waals surface area contributed by atoms with E-state index in [4.69, 9.17) is 13.9 Å². The molecule has 7 nitrogen and oxygen atoms in total. The number of furan rings is 1. The number of methoxy groups -OCH3 is 1. The van der Waals surface area contributed by atoms with Crippen molar-refractivity contribution in [3.8, 4) is 11.5 Å². The average Bonchev–Trinajstić information content (AvgIpc) is 3.29. The van der Waals surface area contributed by atoms with E-state index < -0.39 is 0 Å². The molecule has 0 radical (unpaired) electrons. The van der Waals surface area contributed by atoms with E-state index in [1.54, 1.807) is 43.7 Å². The Morgan fingerprint density at radius 2 is 1.93 bits per heavy atom. The number of nitrogens with zero attached hydrogens (tertiary/aromatic N) is 1. The van der Waals surface area contributed by atoms with Crippen LogP contribution < -0.4 is 14.8 Å². The monoisotopic (exact) mass is 398 g/mol. The second-order valence-electron chi connectivity index (χ2n) is 6.86. The lowest BCUT2D eigenvalue weighted by Gasteiger charge is -2.31. The van der Waals surface area contributed by atoms with Gasteiger partial charge in [0.15, 0.2) is 18.1 Å². The Labute approximate surface area is 170 Å². The number of benzene rings is 1. The zero-order chi connectivity index (χ0) is 20.5. The maximum Gasteiger partial charge on any atom is 0.257 e. The molecule has 0 spiro atoms. The standard InChI is InChI=1S/C22H26N2O5/c1-27-19-6-2-3-7-20(19)29-16-21(25)23-15-17-10-12-24(13-11-17)22(26)9-8-18-5-4-14-28-18/h2-9,14,17H,10-13,15-16H2,1H3,(H,23,25)/b9-8+. The molecule has 7 heteroatoms. The molecule has 0 saturated carbocycles. The fourth-order valence-electron chi connectivity index (χ4n) is 3.19. The van der Waals surface area contributed by atoms with Gasteiger partial charge >= 0.3 is 0 Å². The number of carbonyl (C=O) groups is 2. The Balaban J connectivity index is 1.35. The summed E-state index contributed by atoms with van der Waals surface area (Å²) >= 11 is 0. The van der Waals surface area contributed by atoms with Crippen molar-refractivity contribution < 1.29 is 23.5 Å². The van der Waals surface area contributed by atoms with E-state index in [1.807, 2.05) is 17.0 Å². The fraction of sp³-hybridized carbons (Fsp3) is 0.364. The molecule has 1 saturated heterocycles. The lowest BCUT2D eigenvalue weighted by Crippen LogP contribution is -2.41. The van der Waals surface area contributed by atoms with E-state index in [0.717, 1.165) is 12.8 Å². The first-order valence-corrected chi connectivity index (χ1v) is 9.68. The third-order valence-electron chi connectivity index (χ3n) is 4.88. The lowest BCUT2D eigenvalue weighted by atomic mass is 9.96. The minimum atomic E-state index is -0.171. The summed E-state index contributed by atoms with van der Waals surface area (Å²) in [5, 5.41) is 2.91. The van der Waals surface area contributed by atoms with Gasteiger partial charge in [-0.2, -0.15) is 0 Å². The van der Waals surface area contributed by atoms with Crippen molar-refractivity contribution in [3.63, 3.8) is 0 Å². The van der Waals surface area contributed by atoms with Crippen molar-refractivity contribution in [1.82, 2.24) is 10.2 Å². The minimum Gasteiger partial charge on any atom is -0.493 e. The lowest BCUT2D eigenvalue weighted by molar-refractivity contribution is -0.128. The minimum absolute atomic E-state index is 0.0194. The van der Waals surface area contributed by atoms with Crippen molar-refractivity contribution >= 4 is 17.9 Å². The normalized spacial score (nSPS) is 14.7. The van der Waals surface area contributed by atoms with Crippen LogP contribution in [0.15, 0.2) is 53.2 Å². The number of carbonyl (C=O) groups excluding carboxylic acids is 2. The number of amides is 2. The van der Waals surface area contributed by atoms with E-state index in [0.29, 0.717) is 42.8 Å². The van der Waals surface area contributed by atoms with Crippen LogP contribution in [0.1, 0.15) is 18.6 Å². The number of nitrogens with one attached hydrogen (secondary N) is 1. The highest BCUT2D eigenvalue weighted by atomic mass is 16.5. The molecule has 0 aliphatic carbocycles. The Morgan fingerprint density at radius 1 is 1.17 bits per heavy atom. The first kappa shape index (κ1) is 20.5. The van der Waals surface area contributed by atoms with Gasteiger partial charge in [-0.1, -0.05) is 12.1 Å². The summed E-state index contributed by atoms with van der Waals surface area (Å²) in [6.07, 6.45) is 6.50. The van der Waals surface area contributed by atoms with Crippen LogP contribution in [0.5, 0.6) is 11.5 Å². The van der Waals surface area contributed by atoms with Gasteiger partial charge in [0.1, 0.15) is 5.76 Å². The van der Waals surface area contributed by atoms with Crippen LogP contribution in [-0.2, 0) is 9.59 Å². The Kier molecular flexibility index (Phi) is 7.33. The fourth-order valence-corrected chi connectivity index (χ4v) is 3.19. The van der Waals surface area contributed by atoms with Gasteiger partial charge in [-0.25, -0.2) is 0 Å². The van der Waals surface area contributed by atoms with Crippen molar-refractivity contribution in [2.24, 2.45) is 5.92 Å². The molecule has 1 fully saturated rings. The quantitative estimate of drug-likeness (QED) is 0.692.